The van der Waals surface area contributed by atoms with Crippen LogP contribution in [0.3, 0.4) is 0 Å². The van der Waals surface area contributed by atoms with Gasteiger partial charge in [-0.05, 0) is 31.6 Å². The van der Waals surface area contributed by atoms with Crippen LogP contribution in [0, 0.1) is 5.92 Å². The molecule has 0 N–H and O–H groups in total. The van der Waals surface area contributed by atoms with Gasteiger partial charge in [0.2, 0.25) is 0 Å². The Bertz CT molecular complexity index is 201. The highest BCUT2D eigenvalue weighted by Gasteiger charge is 2.27. The van der Waals surface area contributed by atoms with Crippen LogP contribution in [0.2, 0.25) is 0 Å². The predicted molar refractivity (Wildman–Crippen MR) is 66.3 cm³/mol. The highest BCUT2D eigenvalue weighted by molar-refractivity contribution is 5.69. The van der Waals surface area contributed by atoms with E-state index in [0.29, 0.717) is 12.3 Å². The second-order valence-electron chi connectivity index (χ2n) is 4.92. The number of carbonyl (C=O) groups is 1. The van der Waals surface area contributed by atoms with E-state index in [1.165, 1.54) is 44.9 Å². The first kappa shape index (κ1) is 13.5. The highest BCUT2D eigenvalue weighted by Crippen LogP contribution is 2.31. The molecule has 1 saturated carbocycles. The van der Waals surface area contributed by atoms with Crippen molar-refractivity contribution in [2.45, 2.75) is 77.7 Å². The number of ether oxygens (including phenoxy) is 1. The van der Waals surface area contributed by atoms with Crippen LogP contribution in [0.4, 0.5) is 0 Å². The molecule has 0 saturated heterocycles. The van der Waals surface area contributed by atoms with Crippen LogP contribution in [-0.4, -0.2) is 12.1 Å². The molecule has 2 unspecified atom stereocenters. The van der Waals surface area contributed by atoms with Crippen molar-refractivity contribution in [3.05, 3.63) is 0 Å². The van der Waals surface area contributed by atoms with Crippen LogP contribution in [0.15, 0.2) is 0 Å². The van der Waals surface area contributed by atoms with Crippen LogP contribution in [0.1, 0.15) is 71.6 Å². The normalized spacial score (nSPS) is 25.4. The van der Waals surface area contributed by atoms with E-state index in [-0.39, 0.29) is 12.1 Å². The molecule has 16 heavy (non-hydrogen) atoms. The maximum absolute atomic E-state index is 11.3. The molecule has 1 rings (SSSR count). The lowest BCUT2D eigenvalue weighted by Crippen LogP contribution is -2.29. The minimum Gasteiger partial charge on any atom is -0.462 e. The van der Waals surface area contributed by atoms with Crippen LogP contribution >= 0.6 is 0 Å². The summed E-state index contributed by atoms with van der Waals surface area (Å²) in [5, 5.41) is 0. The van der Waals surface area contributed by atoms with Gasteiger partial charge in [-0.1, -0.05) is 39.5 Å². The molecule has 0 amide bonds. The van der Waals surface area contributed by atoms with Gasteiger partial charge in [0.25, 0.3) is 0 Å². The summed E-state index contributed by atoms with van der Waals surface area (Å²) in [6, 6.07) is 0. The summed E-state index contributed by atoms with van der Waals surface area (Å²) in [5.74, 6) is 0.614. The van der Waals surface area contributed by atoms with Crippen LogP contribution < -0.4 is 0 Å². The quantitative estimate of drug-likeness (QED) is 0.504. The molecule has 2 nitrogen and oxygen atoms in total. The molecule has 0 aromatic carbocycles. The Balaban J connectivity index is 2.34. The Morgan fingerprint density at radius 3 is 2.62 bits per heavy atom. The standard InChI is InChI=1S/C14H26O2/c1-3-5-6-9-12-10-7-8-11-13(12)16-14(15)4-2/h12-13H,3-11H2,1-2H3. The van der Waals surface area contributed by atoms with Gasteiger partial charge < -0.3 is 4.74 Å². The van der Waals surface area contributed by atoms with Crippen molar-refractivity contribution < 1.29 is 9.53 Å². The maximum Gasteiger partial charge on any atom is 0.305 e. The minimum atomic E-state index is -0.0209. The van der Waals surface area contributed by atoms with E-state index in [9.17, 15) is 4.79 Å². The lowest BCUT2D eigenvalue weighted by atomic mass is 9.83. The van der Waals surface area contributed by atoms with E-state index < -0.39 is 0 Å². The average molecular weight is 226 g/mol. The fourth-order valence-electron chi connectivity index (χ4n) is 2.57. The zero-order chi connectivity index (χ0) is 11.8. The van der Waals surface area contributed by atoms with Gasteiger partial charge >= 0.3 is 5.97 Å². The average Bonchev–Trinajstić information content (AvgIpc) is 2.31. The molecular weight excluding hydrogens is 200 g/mol. The molecule has 1 fully saturated rings. The Morgan fingerprint density at radius 1 is 1.19 bits per heavy atom. The Hall–Kier alpha value is -0.530. The maximum atomic E-state index is 11.3. The number of hydrogen-bond acceptors (Lipinski definition) is 2. The van der Waals surface area contributed by atoms with Gasteiger partial charge in [0, 0.05) is 6.42 Å². The third-order valence-corrected chi connectivity index (χ3v) is 3.59. The van der Waals surface area contributed by atoms with Gasteiger partial charge in [0.15, 0.2) is 0 Å². The molecule has 1 aliphatic carbocycles. The van der Waals surface area contributed by atoms with Crippen LogP contribution in [0.25, 0.3) is 0 Å². The summed E-state index contributed by atoms with van der Waals surface area (Å²) < 4.78 is 5.54. The Kier molecular flexibility index (Phi) is 6.51. The SMILES string of the molecule is CCCCCC1CCCCC1OC(=O)CC. The number of rotatable bonds is 6. The van der Waals surface area contributed by atoms with Crippen molar-refractivity contribution in [2.24, 2.45) is 5.92 Å². The zero-order valence-electron chi connectivity index (χ0n) is 10.8. The van der Waals surface area contributed by atoms with E-state index in [4.69, 9.17) is 4.74 Å². The molecule has 2 atom stereocenters. The second kappa shape index (κ2) is 7.70. The first-order valence-corrected chi connectivity index (χ1v) is 6.97. The van der Waals surface area contributed by atoms with Crippen molar-refractivity contribution in [2.75, 3.05) is 0 Å². The first-order valence-electron chi connectivity index (χ1n) is 6.97. The fraction of sp³-hybridized carbons (Fsp3) is 0.929. The first-order chi connectivity index (χ1) is 7.77. The monoisotopic (exact) mass is 226 g/mol. The third-order valence-electron chi connectivity index (χ3n) is 3.59. The van der Waals surface area contributed by atoms with Gasteiger partial charge in [0.1, 0.15) is 6.10 Å². The molecule has 0 aromatic rings. The van der Waals surface area contributed by atoms with Crippen molar-refractivity contribution in [1.29, 1.82) is 0 Å². The molecule has 0 bridgehead atoms. The lowest BCUT2D eigenvalue weighted by molar-refractivity contribution is -0.153. The smallest absolute Gasteiger partial charge is 0.305 e. The lowest BCUT2D eigenvalue weighted by Gasteiger charge is -2.31. The summed E-state index contributed by atoms with van der Waals surface area (Å²) in [6.45, 7) is 4.10. The molecule has 0 radical (unpaired) electrons. The van der Waals surface area contributed by atoms with Crippen molar-refractivity contribution in [1.82, 2.24) is 0 Å². The predicted octanol–water partition coefficient (Wildman–Crippen LogP) is 4.08. The molecule has 0 heterocycles. The summed E-state index contributed by atoms with van der Waals surface area (Å²) in [4.78, 5) is 11.3. The summed E-state index contributed by atoms with van der Waals surface area (Å²) in [5.41, 5.74) is 0. The van der Waals surface area contributed by atoms with Crippen LogP contribution in [-0.2, 0) is 9.53 Å². The molecular formula is C14H26O2. The largest absolute Gasteiger partial charge is 0.462 e. The number of esters is 1. The molecule has 0 aliphatic heterocycles. The molecule has 0 aromatic heterocycles. The molecule has 1 aliphatic rings. The number of carbonyl (C=O) groups excluding carboxylic acids is 1. The van der Waals surface area contributed by atoms with E-state index in [1.807, 2.05) is 6.92 Å². The van der Waals surface area contributed by atoms with Crippen LogP contribution in [0.5, 0.6) is 0 Å². The summed E-state index contributed by atoms with van der Waals surface area (Å²) in [7, 11) is 0. The summed E-state index contributed by atoms with van der Waals surface area (Å²) >= 11 is 0. The van der Waals surface area contributed by atoms with E-state index in [2.05, 4.69) is 6.92 Å². The Morgan fingerprint density at radius 2 is 1.94 bits per heavy atom. The van der Waals surface area contributed by atoms with Gasteiger partial charge in [-0.3, -0.25) is 4.79 Å². The van der Waals surface area contributed by atoms with E-state index >= 15 is 0 Å². The highest BCUT2D eigenvalue weighted by atomic mass is 16.5. The second-order valence-corrected chi connectivity index (χ2v) is 4.92. The molecule has 2 heteroatoms. The van der Waals surface area contributed by atoms with Crippen molar-refractivity contribution in [3.63, 3.8) is 0 Å². The van der Waals surface area contributed by atoms with E-state index in [0.717, 1.165) is 6.42 Å². The number of unbranched alkanes of at least 4 members (excludes halogenated alkanes) is 2. The zero-order valence-corrected chi connectivity index (χ0v) is 10.8. The van der Waals surface area contributed by atoms with Gasteiger partial charge in [-0.2, -0.15) is 0 Å². The fourth-order valence-corrected chi connectivity index (χ4v) is 2.57. The molecule has 94 valence electrons. The van der Waals surface area contributed by atoms with Gasteiger partial charge in [0.05, 0.1) is 0 Å². The summed E-state index contributed by atoms with van der Waals surface area (Å²) in [6.07, 6.45) is 10.7. The third kappa shape index (κ3) is 4.54. The minimum absolute atomic E-state index is 0.0209. The van der Waals surface area contributed by atoms with E-state index in [1.54, 1.807) is 0 Å². The van der Waals surface area contributed by atoms with Crippen molar-refractivity contribution in [3.8, 4) is 0 Å². The van der Waals surface area contributed by atoms with Gasteiger partial charge in [-0.15, -0.1) is 0 Å². The Labute approximate surface area is 99.8 Å². The molecule has 0 spiro atoms. The number of hydrogen-bond donors (Lipinski definition) is 0. The van der Waals surface area contributed by atoms with Gasteiger partial charge in [-0.25, -0.2) is 0 Å². The van der Waals surface area contributed by atoms with Crippen molar-refractivity contribution >= 4 is 5.97 Å². The topological polar surface area (TPSA) is 26.3 Å².